The number of nitrogens with one attached hydrogen (secondary N) is 1. The van der Waals surface area contributed by atoms with Gasteiger partial charge in [0.15, 0.2) is 0 Å². The lowest BCUT2D eigenvalue weighted by Gasteiger charge is -2.21. The number of hydrogen-bond donors (Lipinski definition) is 1. The molecule has 0 aromatic heterocycles. The van der Waals surface area contributed by atoms with Crippen LogP contribution < -0.4 is 4.83 Å². The molecule has 5 heteroatoms. The molecule has 0 heterocycles. The highest BCUT2D eigenvalue weighted by molar-refractivity contribution is 7.89. The second kappa shape index (κ2) is 5.05. The molecular formula is C15H18N2O2S. The first kappa shape index (κ1) is 13.4. The second-order valence-corrected chi connectivity index (χ2v) is 7.13. The Morgan fingerprint density at radius 2 is 1.70 bits per heavy atom. The van der Waals surface area contributed by atoms with Gasteiger partial charge in [-0.05, 0) is 31.9 Å². The van der Waals surface area contributed by atoms with E-state index in [2.05, 4.69) is 22.1 Å². The van der Waals surface area contributed by atoms with Crippen LogP contribution in [0.3, 0.4) is 0 Å². The molecule has 0 amide bonds. The van der Waals surface area contributed by atoms with Crippen molar-refractivity contribution in [1.82, 2.24) is 4.83 Å². The molecule has 4 nitrogen and oxygen atoms in total. The van der Waals surface area contributed by atoms with Crippen molar-refractivity contribution < 1.29 is 8.42 Å². The minimum absolute atomic E-state index is 0.253. The zero-order valence-corrected chi connectivity index (χ0v) is 12.2. The topological polar surface area (TPSA) is 58.5 Å². The molecule has 1 aromatic rings. The van der Waals surface area contributed by atoms with Crippen LogP contribution in [0.4, 0.5) is 0 Å². The summed E-state index contributed by atoms with van der Waals surface area (Å²) in [7, 11) is -3.56. The molecule has 0 unspecified atom stereocenters. The van der Waals surface area contributed by atoms with E-state index in [-0.39, 0.29) is 4.90 Å². The van der Waals surface area contributed by atoms with Crippen molar-refractivity contribution in [3.63, 3.8) is 0 Å². The molecule has 106 valence electrons. The van der Waals surface area contributed by atoms with Gasteiger partial charge in [-0.1, -0.05) is 36.3 Å². The lowest BCUT2D eigenvalue weighted by Crippen LogP contribution is -2.27. The van der Waals surface area contributed by atoms with Crippen molar-refractivity contribution >= 4 is 15.7 Å². The molecule has 3 rings (SSSR count). The van der Waals surface area contributed by atoms with Crippen LogP contribution in [0, 0.1) is 18.8 Å². The lowest BCUT2D eigenvalue weighted by molar-refractivity contribution is 0.558. The highest BCUT2D eigenvalue weighted by atomic mass is 32.2. The fraction of sp³-hybridized carbons (Fsp3) is 0.400. The van der Waals surface area contributed by atoms with E-state index in [0.29, 0.717) is 11.8 Å². The highest BCUT2D eigenvalue weighted by Crippen LogP contribution is 2.34. The quantitative estimate of drug-likeness (QED) is 0.687. The fourth-order valence-corrected chi connectivity index (χ4v) is 3.66. The zero-order chi connectivity index (χ0) is 14.2. The summed E-state index contributed by atoms with van der Waals surface area (Å²) in [6.07, 6.45) is 7.62. The average molecular weight is 290 g/mol. The number of rotatable bonds is 3. The molecule has 2 bridgehead atoms. The molecule has 2 aliphatic carbocycles. The minimum atomic E-state index is -3.56. The van der Waals surface area contributed by atoms with Crippen LogP contribution in [-0.4, -0.2) is 14.1 Å². The van der Waals surface area contributed by atoms with Gasteiger partial charge in [0.1, 0.15) is 0 Å². The SMILES string of the molecule is Cc1ccc(S(=O)(=O)NN=C2[C@@H]3C=C[C@H]2CCC3)cc1. The monoisotopic (exact) mass is 290 g/mol. The van der Waals surface area contributed by atoms with Crippen molar-refractivity contribution in [3.05, 3.63) is 42.0 Å². The largest absolute Gasteiger partial charge is 0.276 e. The van der Waals surface area contributed by atoms with Crippen molar-refractivity contribution in [2.24, 2.45) is 16.9 Å². The van der Waals surface area contributed by atoms with Crippen molar-refractivity contribution in [3.8, 4) is 0 Å². The molecule has 2 aliphatic rings. The molecule has 0 spiro atoms. The van der Waals surface area contributed by atoms with Crippen molar-refractivity contribution in [2.45, 2.75) is 31.1 Å². The van der Waals surface area contributed by atoms with E-state index in [1.807, 2.05) is 6.92 Å². The van der Waals surface area contributed by atoms with Crippen LogP contribution in [0.25, 0.3) is 0 Å². The number of aryl methyl sites for hydroxylation is 1. The molecule has 0 radical (unpaired) electrons. The van der Waals surface area contributed by atoms with Gasteiger partial charge in [-0.25, -0.2) is 4.83 Å². The van der Waals surface area contributed by atoms with Gasteiger partial charge in [-0.3, -0.25) is 0 Å². The predicted octanol–water partition coefficient (Wildman–Crippen LogP) is 2.62. The number of fused-ring (bicyclic) bond motifs is 2. The smallest absolute Gasteiger partial charge is 0.200 e. The minimum Gasteiger partial charge on any atom is -0.200 e. The molecule has 0 saturated heterocycles. The number of nitrogens with zero attached hydrogens (tertiary/aromatic N) is 1. The summed E-state index contributed by atoms with van der Waals surface area (Å²) in [4.78, 5) is 2.64. The van der Waals surface area contributed by atoms with E-state index in [1.54, 1.807) is 24.3 Å². The Hall–Kier alpha value is -1.62. The molecule has 20 heavy (non-hydrogen) atoms. The Morgan fingerprint density at radius 3 is 2.30 bits per heavy atom. The number of hydrogen-bond acceptors (Lipinski definition) is 3. The van der Waals surface area contributed by atoms with Gasteiger partial charge in [0.25, 0.3) is 10.0 Å². The van der Waals surface area contributed by atoms with Crippen molar-refractivity contribution in [2.75, 3.05) is 0 Å². The van der Waals surface area contributed by atoms with Gasteiger partial charge >= 0.3 is 0 Å². The van der Waals surface area contributed by atoms with Crippen LogP contribution >= 0.6 is 0 Å². The maximum atomic E-state index is 12.2. The number of sulfonamides is 1. The van der Waals surface area contributed by atoms with E-state index in [1.165, 1.54) is 6.42 Å². The van der Waals surface area contributed by atoms with Crippen LogP contribution in [0.5, 0.6) is 0 Å². The van der Waals surface area contributed by atoms with E-state index >= 15 is 0 Å². The molecule has 1 saturated carbocycles. The highest BCUT2D eigenvalue weighted by Gasteiger charge is 2.31. The summed E-state index contributed by atoms with van der Waals surface area (Å²) in [5.41, 5.74) is 2.00. The van der Waals surface area contributed by atoms with E-state index in [9.17, 15) is 8.42 Å². The normalized spacial score (nSPS) is 26.9. The Labute approximate surface area is 119 Å². The number of hydrazone groups is 1. The van der Waals surface area contributed by atoms with E-state index < -0.39 is 10.0 Å². The lowest BCUT2D eigenvalue weighted by atomic mass is 9.86. The van der Waals surface area contributed by atoms with Gasteiger partial charge in [-0.15, -0.1) is 0 Å². The van der Waals surface area contributed by atoms with Gasteiger partial charge in [-0.2, -0.15) is 13.5 Å². The first-order valence-electron chi connectivity index (χ1n) is 6.90. The van der Waals surface area contributed by atoms with E-state index in [0.717, 1.165) is 24.1 Å². The Balaban J connectivity index is 1.79. The number of allylic oxidation sites excluding steroid dienone is 2. The Morgan fingerprint density at radius 1 is 1.10 bits per heavy atom. The summed E-state index contributed by atoms with van der Waals surface area (Å²) in [5, 5.41) is 4.19. The summed E-state index contributed by atoms with van der Waals surface area (Å²) < 4.78 is 24.4. The molecule has 1 N–H and O–H groups in total. The maximum absolute atomic E-state index is 12.2. The average Bonchev–Trinajstić information content (AvgIpc) is 2.65. The van der Waals surface area contributed by atoms with Crippen molar-refractivity contribution in [1.29, 1.82) is 0 Å². The maximum Gasteiger partial charge on any atom is 0.276 e. The van der Waals surface area contributed by atoms with Crippen LogP contribution in [0.15, 0.2) is 46.4 Å². The van der Waals surface area contributed by atoms with Crippen LogP contribution in [-0.2, 0) is 10.0 Å². The molecular weight excluding hydrogens is 272 g/mol. The zero-order valence-electron chi connectivity index (χ0n) is 11.4. The Kier molecular flexibility index (Phi) is 3.38. The van der Waals surface area contributed by atoms with Crippen LogP contribution in [0.1, 0.15) is 24.8 Å². The molecule has 0 aliphatic heterocycles. The van der Waals surface area contributed by atoms with Gasteiger partial charge in [0.05, 0.1) is 10.6 Å². The molecule has 1 fully saturated rings. The Bertz CT molecular complexity index is 644. The third kappa shape index (κ3) is 2.50. The first-order valence-corrected chi connectivity index (χ1v) is 8.39. The summed E-state index contributed by atoms with van der Waals surface area (Å²) in [6, 6.07) is 6.78. The predicted molar refractivity (Wildman–Crippen MR) is 78.9 cm³/mol. The van der Waals surface area contributed by atoms with Crippen LogP contribution in [0.2, 0.25) is 0 Å². The first-order chi connectivity index (χ1) is 9.56. The van der Waals surface area contributed by atoms with E-state index in [4.69, 9.17) is 0 Å². The molecule has 1 aromatic carbocycles. The summed E-state index contributed by atoms with van der Waals surface area (Å²) >= 11 is 0. The van der Waals surface area contributed by atoms with Gasteiger partial charge < -0.3 is 0 Å². The van der Waals surface area contributed by atoms with Gasteiger partial charge in [0, 0.05) is 11.8 Å². The summed E-state index contributed by atoms with van der Waals surface area (Å²) in [6.45, 7) is 1.93. The molecule has 2 atom stereocenters. The third-order valence-electron chi connectivity index (χ3n) is 3.99. The summed E-state index contributed by atoms with van der Waals surface area (Å²) in [5.74, 6) is 0.629. The second-order valence-electron chi connectivity index (χ2n) is 5.47. The van der Waals surface area contributed by atoms with Gasteiger partial charge in [0.2, 0.25) is 0 Å². The fourth-order valence-electron chi connectivity index (χ4n) is 2.84. The third-order valence-corrected chi connectivity index (χ3v) is 5.22. The standard InChI is InChI=1S/C15H18N2O2S/c1-11-5-9-14(10-6-11)20(18,19)17-16-15-12-3-2-4-13(15)8-7-12/h5-10,12-13,17H,2-4H2,1H3/t12-,13+. The number of benzene rings is 1.